The molecule has 0 saturated carbocycles. The van der Waals surface area contributed by atoms with Gasteiger partial charge < -0.3 is 5.73 Å². The van der Waals surface area contributed by atoms with E-state index >= 15 is 0 Å². The lowest BCUT2D eigenvalue weighted by Gasteiger charge is -2.30. The van der Waals surface area contributed by atoms with Gasteiger partial charge in [0.2, 0.25) is 0 Å². The zero-order valence-corrected chi connectivity index (χ0v) is 13.0. The molecule has 7 heteroatoms. The molecule has 3 rings (SSSR count). The van der Waals surface area contributed by atoms with Gasteiger partial charge in [-0.05, 0) is 18.4 Å². The number of amides is 2. The second kappa shape index (κ2) is 6.87. The van der Waals surface area contributed by atoms with Crippen molar-refractivity contribution in [3.05, 3.63) is 36.5 Å². The SMILES string of the molecule is N[C@H]1CCCN(NC(=O)Nc2ncc(-c3ccccc3)s2)C1. The van der Waals surface area contributed by atoms with Crippen LogP contribution in [0.4, 0.5) is 9.93 Å². The average Bonchev–Trinajstić information content (AvgIpc) is 2.96. The molecule has 0 radical (unpaired) electrons. The summed E-state index contributed by atoms with van der Waals surface area (Å²) in [7, 11) is 0. The number of hydrogen-bond acceptors (Lipinski definition) is 5. The van der Waals surface area contributed by atoms with Gasteiger partial charge in [0.05, 0.1) is 4.88 Å². The Bertz CT molecular complexity index is 630. The molecule has 2 amide bonds. The Labute approximate surface area is 133 Å². The third kappa shape index (κ3) is 3.82. The number of anilines is 1. The molecule has 1 fully saturated rings. The van der Waals surface area contributed by atoms with E-state index in [2.05, 4.69) is 15.7 Å². The maximum Gasteiger partial charge on any atom is 0.335 e. The molecule has 0 bridgehead atoms. The van der Waals surface area contributed by atoms with Crippen LogP contribution < -0.4 is 16.5 Å². The Morgan fingerprint density at radius 2 is 2.18 bits per heavy atom. The van der Waals surface area contributed by atoms with E-state index in [0.29, 0.717) is 11.7 Å². The van der Waals surface area contributed by atoms with Crippen molar-refractivity contribution in [3.8, 4) is 10.4 Å². The van der Waals surface area contributed by atoms with Gasteiger partial charge in [-0.2, -0.15) is 0 Å². The van der Waals surface area contributed by atoms with Gasteiger partial charge in [-0.3, -0.25) is 10.7 Å². The van der Waals surface area contributed by atoms with Crippen molar-refractivity contribution in [2.45, 2.75) is 18.9 Å². The third-order valence-electron chi connectivity index (χ3n) is 3.50. The van der Waals surface area contributed by atoms with Crippen LogP contribution in [0.1, 0.15) is 12.8 Å². The van der Waals surface area contributed by atoms with Crippen molar-refractivity contribution in [2.24, 2.45) is 5.73 Å². The smallest absolute Gasteiger partial charge is 0.326 e. The zero-order chi connectivity index (χ0) is 15.4. The first-order valence-electron chi connectivity index (χ1n) is 7.30. The lowest BCUT2D eigenvalue weighted by Crippen LogP contribution is -2.52. The number of thiazole rings is 1. The highest BCUT2D eigenvalue weighted by molar-refractivity contribution is 7.19. The molecule has 1 aliphatic rings. The van der Waals surface area contributed by atoms with Crippen LogP contribution in [0, 0.1) is 0 Å². The van der Waals surface area contributed by atoms with Crippen molar-refractivity contribution >= 4 is 22.5 Å². The van der Waals surface area contributed by atoms with Crippen LogP contribution >= 0.6 is 11.3 Å². The first-order chi connectivity index (χ1) is 10.7. The molecule has 0 spiro atoms. The fourth-order valence-electron chi connectivity index (χ4n) is 2.45. The molecule has 1 atom stereocenters. The van der Waals surface area contributed by atoms with E-state index in [4.69, 9.17) is 5.73 Å². The van der Waals surface area contributed by atoms with Crippen molar-refractivity contribution < 1.29 is 4.79 Å². The number of nitrogens with zero attached hydrogens (tertiary/aromatic N) is 2. The van der Waals surface area contributed by atoms with E-state index in [0.717, 1.165) is 29.8 Å². The van der Waals surface area contributed by atoms with E-state index in [1.807, 2.05) is 35.3 Å². The Morgan fingerprint density at radius 3 is 2.95 bits per heavy atom. The maximum absolute atomic E-state index is 12.0. The molecule has 116 valence electrons. The van der Waals surface area contributed by atoms with Crippen molar-refractivity contribution in [1.82, 2.24) is 15.4 Å². The minimum atomic E-state index is -0.275. The second-order valence-corrected chi connectivity index (χ2v) is 6.34. The van der Waals surface area contributed by atoms with Crippen LogP contribution in [-0.4, -0.2) is 35.2 Å². The van der Waals surface area contributed by atoms with Crippen molar-refractivity contribution in [3.63, 3.8) is 0 Å². The molecule has 1 saturated heterocycles. The molecule has 6 nitrogen and oxygen atoms in total. The van der Waals surface area contributed by atoms with Crippen LogP contribution in [0.25, 0.3) is 10.4 Å². The number of carbonyl (C=O) groups is 1. The summed E-state index contributed by atoms with van der Waals surface area (Å²) < 4.78 is 0. The molecular weight excluding hydrogens is 298 g/mol. The number of urea groups is 1. The minimum Gasteiger partial charge on any atom is -0.326 e. The van der Waals surface area contributed by atoms with Gasteiger partial charge in [-0.1, -0.05) is 41.7 Å². The lowest BCUT2D eigenvalue weighted by atomic mass is 10.1. The van der Waals surface area contributed by atoms with E-state index in [1.54, 1.807) is 6.20 Å². The molecule has 1 aromatic carbocycles. The molecule has 0 unspecified atom stereocenters. The summed E-state index contributed by atoms with van der Waals surface area (Å²) in [5.41, 5.74) is 9.81. The molecule has 22 heavy (non-hydrogen) atoms. The largest absolute Gasteiger partial charge is 0.335 e. The Hall–Kier alpha value is -1.96. The molecule has 4 N–H and O–H groups in total. The highest BCUT2D eigenvalue weighted by atomic mass is 32.1. The van der Waals surface area contributed by atoms with Crippen molar-refractivity contribution in [2.75, 3.05) is 18.4 Å². The summed E-state index contributed by atoms with van der Waals surface area (Å²) >= 11 is 1.45. The number of rotatable bonds is 3. The van der Waals surface area contributed by atoms with E-state index in [9.17, 15) is 4.79 Å². The first kappa shape index (κ1) is 15.0. The summed E-state index contributed by atoms with van der Waals surface area (Å²) in [5.74, 6) is 0. The number of benzene rings is 1. The highest BCUT2D eigenvalue weighted by Gasteiger charge is 2.18. The van der Waals surface area contributed by atoms with Gasteiger partial charge in [-0.25, -0.2) is 14.8 Å². The first-order valence-corrected chi connectivity index (χ1v) is 8.12. The predicted octanol–water partition coefficient (Wildman–Crippen LogP) is 2.27. The Kier molecular flexibility index (Phi) is 4.67. The van der Waals surface area contributed by atoms with E-state index < -0.39 is 0 Å². The standard InChI is InChI=1S/C15H19N5OS/c16-12-7-4-8-20(10-12)19-14(21)18-15-17-9-13(22-15)11-5-2-1-3-6-11/h1-3,5-6,9,12H,4,7-8,10,16H2,(H2,17,18,19,21)/t12-/m0/s1. The Morgan fingerprint density at radius 1 is 1.36 bits per heavy atom. The summed E-state index contributed by atoms with van der Waals surface area (Å²) in [6.45, 7) is 1.51. The quantitative estimate of drug-likeness (QED) is 0.811. The van der Waals surface area contributed by atoms with Crippen LogP contribution in [-0.2, 0) is 0 Å². The van der Waals surface area contributed by atoms with Gasteiger partial charge in [0.1, 0.15) is 0 Å². The molecule has 2 heterocycles. The highest BCUT2D eigenvalue weighted by Crippen LogP contribution is 2.28. The predicted molar refractivity (Wildman–Crippen MR) is 88.5 cm³/mol. The fraction of sp³-hybridized carbons (Fsp3) is 0.333. The summed E-state index contributed by atoms with van der Waals surface area (Å²) in [5, 5.41) is 5.21. The van der Waals surface area contributed by atoms with Gasteiger partial charge in [-0.15, -0.1) is 0 Å². The maximum atomic E-state index is 12.0. The van der Waals surface area contributed by atoms with Crippen molar-refractivity contribution in [1.29, 1.82) is 0 Å². The van der Waals surface area contributed by atoms with Crippen LogP contribution in [0.5, 0.6) is 0 Å². The number of piperidine rings is 1. The molecular formula is C15H19N5OS. The second-order valence-electron chi connectivity index (χ2n) is 5.31. The van der Waals surface area contributed by atoms with Crippen LogP contribution in [0.15, 0.2) is 36.5 Å². The zero-order valence-electron chi connectivity index (χ0n) is 12.2. The monoisotopic (exact) mass is 317 g/mol. The number of nitrogens with one attached hydrogen (secondary N) is 2. The Balaban J connectivity index is 1.57. The molecule has 0 aliphatic carbocycles. The van der Waals surface area contributed by atoms with Crippen LogP contribution in [0.3, 0.4) is 0 Å². The molecule has 2 aromatic rings. The third-order valence-corrected chi connectivity index (χ3v) is 4.46. The van der Waals surface area contributed by atoms with Gasteiger partial charge in [0.25, 0.3) is 0 Å². The average molecular weight is 317 g/mol. The fourth-order valence-corrected chi connectivity index (χ4v) is 3.26. The molecule has 1 aliphatic heterocycles. The number of aromatic nitrogens is 1. The van der Waals surface area contributed by atoms with Gasteiger partial charge in [0, 0.05) is 25.3 Å². The van der Waals surface area contributed by atoms with E-state index in [-0.39, 0.29) is 12.1 Å². The summed E-state index contributed by atoms with van der Waals surface area (Å²) in [6.07, 6.45) is 3.77. The number of carbonyl (C=O) groups excluding carboxylic acids is 1. The van der Waals surface area contributed by atoms with E-state index in [1.165, 1.54) is 11.3 Å². The van der Waals surface area contributed by atoms with Gasteiger partial charge in [0.15, 0.2) is 5.13 Å². The van der Waals surface area contributed by atoms with Crippen LogP contribution in [0.2, 0.25) is 0 Å². The lowest BCUT2D eigenvalue weighted by molar-refractivity contribution is 0.150. The number of hydrogen-bond donors (Lipinski definition) is 3. The number of nitrogens with two attached hydrogens (primary N) is 1. The summed E-state index contributed by atoms with van der Waals surface area (Å²) in [4.78, 5) is 17.3. The normalized spacial score (nSPS) is 18.9. The van der Waals surface area contributed by atoms with Gasteiger partial charge >= 0.3 is 6.03 Å². The minimum absolute atomic E-state index is 0.124. The number of hydrazine groups is 1. The topological polar surface area (TPSA) is 83.3 Å². The molecule has 1 aromatic heterocycles. The summed E-state index contributed by atoms with van der Waals surface area (Å²) in [6, 6.07) is 9.82.